The van der Waals surface area contributed by atoms with E-state index < -0.39 is 0 Å². The van der Waals surface area contributed by atoms with Crippen LogP contribution >= 0.6 is 22.6 Å². The first-order valence-electron chi connectivity index (χ1n) is 3.37. The Morgan fingerprint density at radius 3 is 3.09 bits per heavy atom. The summed E-state index contributed by atoms with van der Waals surface area (Å²) in [5.41, 5.74) is 2.49. The minimum atomic E-state index is 1.21. The molecular formula is C8H7IN2. The van der Waals surface area contributed by atoms with E-state index in [1.165, 1.54) is 14.7 Å². The van der Waals surface area contributed by atoms with Crippen LogP contribution in [0.15, 0.2) is 24.5 Å². The normalized spacial score (nSPS) is 10.7. The molecule has 0 saturated heterocycles. The van der Waals surface area contributed by atoms with Gasteiger partial charge in [0.2, 0.25) is 0 Å². The smallest absolute Gasteiger partial charge is 0.0824 e. The molecule has 0 unspecified atom stereocenters. The van der Waals surface area contributed by atoms with E-state index in [0.29, 0.717) is 0 Å². The molecule has 0 amide bonds. The van der Waals surface area contributed by atoms with Crippen LogP contribution in [0.1, 0.15) is 5.56 Å². The van der Waals surface area contributed by atoms with Gasteiger partial charge >= 0.3 is 0 Å². The molecule has 0 N–H and O–H groups in total. The van der Waals surface area contributed by atoms with E-state index in [1.54, 1.807) is 0 Å². The van der Waals surface area contributed by atoms with Crippen molar-refractivity contribution in [2.75, 3.05) is 0 Å². The van der Waals surface area contributed by atoms with E-state index in [-0.39, 0.29) is 0 Å². The first-order valence-corrected chi connectivity index (χ1v) is 4.45. The van der Waals surface area contributed by atoms with Gasteiger partial charge in [0.25, 0.3) is 0 Å². The molecule has 0 atom stereocenters. The van der Waals surface area contributed by atoms with Gasteiger partial charge in [-0.1, -0.05) is 6.07 Å². The average Bonchev–Trinajstić information content (AvgIpc) is 2.34. The number of fused-ring (bicyclic) bond motifs is 1. The zero-order valence-corrected chi connectivity index (χ0v) is 8.24. The molecule has 0 aromatic carbocycles. The van der Waals surface area contributed by atoms with Crippen LogP contribution in [0, 0.1) is 10.5 Å². The fourth-order valence-electron chi connectivity index (χ4n) is 1.17. The predicted octanol–water partition coefficient (Wildman–Crippen LogP) is 2.25. The van der Waals surface area contributed by atoms with Crippen LogP contribution in [0.3, 0.4) is 0 Å². The van der Waals surface area contributed by atoms with Crippen molar-refractivity contribution in [3.05, 3.63) is 33.7 Å². The Labute approximate surface area is 78.4 Å². The lowest BCUT2D eigenvalue weighted by Crippen LogP contribution is -1.87. The second-order valence-electron chi connectivity index (χ2n) is 2.48. The van der Waals surface area contributed by atoms with Gasteiger partial charge in [-0.05, 0) is 41.1 Å². The van der Waals surface area contributed by atoms with Gasteiger partial charge in [0, 0.05) is 6.20 Å². The standard InChI is InChI=1S/C8H7IN2/c1-6-3-2-4-11-8(6)7(9)5-10-11/h2-5H,1H3. The number of aromatic nitrogens is 2. The Hall–Kier alpha value is -0.580. The molecule has 11 heavy (non-hydrogen) atoms. The van der Waals surface area contributed by atoms with Gasteiger partial charge < -0.3 is 0 Å². The van der Waals surface area contributed by atoms with Gasteiger partial charge in [0.05, 0.1) is 15.3 Å². The van der Waals surface area contributed by atoms with Crippen LogP contribution in [-0.2, 0) is 0 Å². The molecule has 0 spiro atoms. The molecule has 0 saturated carbocycles. The predicted molar refractivity (Wildman–Crippen MR) is 52.6 cm³/mol. The van der Waals surface area contributed by atoms with Gasteiger partial charge in [-0.2, -0.15) is 5.10 Å². The molecule has 2 rings (SSSR count). The van der Waals surface area contributed by atoms with Crippen molar-refractivity contribution < 1.29 is 0 Å². The summed E-state index contributed by atoms with van der Waals surface area (Å²) in [6.45, 7) is 2.10. The minimum Gasteiger partial charge on any atom is -0.240 e. The molecule has 2 heterocycles. The first kappa shape index (κ1) is 7.09. The largest absolute Gasteiger partial charge is 0.240 e. The molecule has 3 heteroatoms. The molecule has 0 bridgehead atoms. The Balaban J connectivity index is 2.96. The summed E-state index contributed by atoms with van der Waals surface area (Å²) in [4.78, 5) is 0. The fraction of sp³-hybridized carbons (Fsp3) is 0.125. The Morgan fingerprint density at radius 1 is 1.55 bits per heavy atom. The maximum Gasteiger partial charge on any atom is 0.0824 e. The topological polar surface area (TPSA) is 17.3 Å². The van der Waals surface area contributed by atoms with E-state index in [0.717, 1.165) is 0 Å². The maximum atomic E-state index is 4.19. The number of rotatable bonds is 0. The molecule has 56 valence electrons. The third-order valence-corrected chi connectivity index (χ3v) is 2.49. The number of hydrogen-bond acceptors (Lipinski definition) is 1. The summed E-state index contributed by atoms with van der Waals surface area (Å²) < 4.78 is 3.11. The van der Waals surface area contributed by atoms with Gasteiger partial charge in [-0.25, -0.2) is 4.52 Å². The molecular weight excluding hydrogens is 251 g/mol. The van der Waals surface area contributed by atoms with Crippen molar-refractivity contribution in [1.82, 2.24) is 9.61 Å². The Bertz CT molecular complexity index is 392. The lowest BCUT2D eigenvalue weighted by atomic mass is 10.2. The molecule has 0 aliphatic heterocycles. The summed E-state index contributed by atoms with van der Waals surface area (Å²) in [6.07, 6.45) is 3.84. The highest BCUT2D eigenvalue weighted by Crippen LogP contribution is 2.16. The van der Waals surface area contributed by atoms with Crippen LogP contribution < -0.4 is 0 Å². The number of hydrogen-bond donors (Lipinski definition) is 0. The van der Waals surface area contributed by atoms with Crippen LogP contribution in [0.4, 0.5) is 0 Å². The summed E-state index contributed by atoms with van der Waals surface area (Å²) in [5, 5.41) is 4.19. The van der Waals surface area contributed by atoms with Crippen molar-refractivity contribution in [2.24, 2.45) is 0 Å². The van der Waals surface area contributed by atoms with Crippen molar-refractivity contribution in [3.8, 4) is 0 Å². The molecule has 0 fully saturated rings. The fourth-order valence-corrected chi connectivity index (χ4v) is 1.97. The SMILES string of the molecule is Cc1cccn2ncc(I)c12. The number of aryl methyl sites for hydroxylation is 1. The minimum absolute atomic E-state index is 1.21. The molecule has 2 aromatic heterocycles. The van der Waals surface area contributed by atoms with Crippen molar-refractivity contribution in [1.29, 1.82) is 0 Å². The lowest BCUT2D eigenvalue weighted by Gasteiger charge is -1.95. The molecule has 0 aliphatic carbocycles. The summed E-state index contributed by atoms with van der Waals surface area (Å²) in [6, 6.07) is 4.10. The van der Waals surface area contributed by atoms with E-state index in [4.69, 9.17) is 0 Å². The van der Waals surface area contributed by atoms with E-state index in [9.17, 15) is 0 Å². The Kier molecular flexibility index (Phi) is 1.60. The zero-order valence-electron chi connectivity index (χ0n) is 6.08. The monoisotopic (exact) mass is 258 g/mol. The molecule has 2 aromatic rings. The summed E-state index contributed by atoms with van der Waals surface area (Å²) >= 11 is 2.30. The quantitative estimate of drug-likeness (QED) is 0.662. The molecule has 0 radical (unpaired) electrons. The van der Waals surface area contributed by atoms with Gasteiger partial charge in [-0.15, -0.1) is 0 Å². The van der Waals surface area contributed by atoms with Crippen LogP contribution in [0.5, 0.6) is 0 Å². The third-order valence-electron chi connectivity index (χ3n) is 1.70. The van der Waals surface area contributed by atoms with E-state index in [2.05, 4.69) is 40.7 Å². The molecule has 0 aliphatic rings. The second-order valence-corrected chi connectivity index (χ2v) is 3.64. The van der Waals surface area contributed by atoms with Crippen molar-refractivity contribution >= 4 is 28.1 Å². The average molecular weight is 258 g/mol. The molecule has 2 nitrogen and oxygen atoms in total. The van der Waals surface area contributed by atoms with Gasteiger partial charge in [-0.3, -0.25) is 0 Å². The summed E-state index contributed by atoms with van der Waals surface area (Å²) in [5.74, 6) is 0. The van der Waals surface area contributed by atoms with Gasteiger partial charge in [0.1, 0.15) is 0 Å². The summed E-state index contributed by atoms with van der Waals surface area (Å²) in [7, 11) is 0. The van der Waals surface area contributed by atoms with Crippen LogP contribution in [0.2, 0.25) is 0 Å². The van der Waals surface area contributed by atoms with Crippen LogP contribution in [0.25, 0.3) is 5.52 Å². The Morgan fingerprint density at radius 2 is 2.36 bits per heavy atom. The number of nitrogens with zero attached hydrogens (tertiary/aromatic N) is 2. The maximum absolute atomic E-state index is 4.19. The number of pyridine rings is 1. The zero-order chi connectivity index (χ0) is 7.84. The van der Waals surface area contributed by atoms with Gasteiger partial charge in [0.15, 0.2) is 0 Å². The second kappa shape index (κ2) is 2.48. The number of halogens is 1. The highest BCUT2D eigenvalue weighted by atomic mass is 127. The third kappa shape index (κ3) is 1.03. The highest BCUT2D eigenvalue weighted by molar-refractivity contribution is 14.1. The van der Waals surface area contributed by atoms with Crippen molar-refractivity contribution in [3.63, 3.8) is 0 Å². The van der Waals surface area contributed by atoms with E-state index in [1.807, 2.05) is 23.0 Å². The van der Waals surface area contributed by atoms with Crippen LogP contribution in [-0.4, -0.2) is 9.61 Å². The highest BCUT2D eigenvalue weighted by Gasteiger charge is 2.01. The lowest BCUT2D eigenvalue weighted by molar-refractivity contribution is 0.956. The van der Waals surface area contributed by atoms with E-state index >= 15 is 0 Å². The first-order chi connectivity index (χ1) is 5.29. The van der Waals surface area contributed by atoms with Crippen molar-refractivity contribution in [2.45, 2.75) is 6.92 Å².